The SMILES string of the molecule is CCC=CCC=CCC=CCC=CCC=CCC=CCCC(=O)N1CCC2ON=C(O)C2C1. The molecule has 0 aliphatic carbocycles. The molecule has 2 heterocycles. The van der Waals surface area contributed by atoms with E-state index in [4.69, 9.17) is 4.84 Å². The van der Waals surface area contributed by atoms with Crippen molar-refractivity contribution in [2.24, 2.45) is 11.1 Å². The minimum atomic E-state index is -0.159. The lowest BCUT2D eigenvalue weighted by molar-refractivity contribution is -0.134. The quantitative estimate of drug-likeness (QED) is 0.303. The zero-order valence-corrected chi connectivity index (χ0v) is 20.0. The van der Waals surface area contributed by atoms with Crippen molar-refractivity contribution >= 4 is 11.8 Å². The molecule has 1 saturated heterocycles. The standard InChI is InChI=1S/C28H40N2O3/c1-2-3-4-5-6-7-8-9-10-11-12-13-14-15-16-17-18-19-20-21-27(31)30-23-22-26-25(24-30)28(32)29-33-26/h3-4,6-7,9-10,12-13,15-16,18-19,25-26H,2,5,8,11,14,17,20-24H2,1H3,(H,29,32). The highest BCUT2D eigenvalue weighted by Crippen LogP contribution is 2.26. The molecule has 1 amide bonds. The number of oxime groups is 1. The number of rotatable bonds is 14. The fraction of sp³-hybridized carbons (Fsp3) is 0.500. The van der Waals surface area contributed by atoms with Crippen LogP contribution in [0.15, 0.2) is 78.1 Å². The predicted octanol–water partition coefficient (Wildman–Crippen LogP) is 6.58. The second-order valence-corrected chi connectivity index (χ2v) is 8.28. The third-order valence-corrected chi connectivity index (χ3v) is 5.64. The number of fused-ring (bicyclic) bond motifs is 1. The lowest BCUT2D eigenvalue weighted by atomic mass is 9.95. The Morgan fingerprint density at radius 1 is 0.909 bits per heavy atom. The van der Waals surface area contributed by atoms with E-state index in [0.717, 1.165) is 51.4 Å². The van der Waals surface area contributed by atoms with Crippen LogP contribution in [0.2, 0.25) is 0 Å². The Balaban J connectivity index is 1.46. The van der Waals surface area contributed by atoms with Crippen LogP contribution in [0.25, 0.3) is 0 Å². The summed E-state index contributed by atoms with van der Waals surface area (Å²) in [5.74, 6) is -0.00397. The maximum Gasteiger partial charge on any atom is 0.232 e. The molecular weight excluding hydrogens is 412 g/mol. The van der Waals surface area contributed by atoms with Crippen molar-refractivity contribution in [2.75, 3.05) is 13.1 Å². The number of aliphatic hydroxyl groups is 1. The zero-order valence-electron chi connectivity index (χ0n) is 20.0. The van der Waals surface area contributed by atoms with E-state index in [1.165, 1.54) is 0 Å². The summed E-state index contributed by atoms with van der Waals surface area (Å²) in [6, 6.07) is 0. The average Bonchev–Trinajstić information content (AvgIpc) is 3.20. The second kappa shape index (κ2) is 16.8. The Bertz CT molecular complexity index is 774. The van der Waals surface area contributed by atoms with Gasteiger partial charge in [-0.15, -0.1) is 0 Å². The van der Waals surface area contributed by atoms with Gasteiger partial charge in [0.15, 0.2) is 0 Å². The van der Waals surface area contributed by atoms with Crippen LogP contribution in [0.5, 0.6) is 0 Å². The minimum absolute atomic E-state index is 0.0226. The first kappa shape index (κ1) is 26.4. The Kier molecular flexibility index (Phi) is 13.4. The highest BCUT2D eigenvalue weighted by molar-refractivity contribution is 5.81. The Morgan fingerprint density at radius 3 is 1.97 bits per heavy atom. The number of aliphatic hydroxyl groups excluding tert-OH is 1. The van der Waals surface area contributed by atoms with Gasteiger partial charge in [-0.05, 0) is 44.9 Å². The molecule has 33 heavy (non-hydrogen) atoms. The maximum atomic E-state index is 12.4. The van der Waals surface area contributed by atoms with E-state index >= 15 is 0 Å². The molecule has 5 nitrogen and oxygen atoms in total. The van der Waals surface area contributed by atoms with E-state index in [1.54, 1.807) is 0 Å². The minimum Gasteiger partial charge on any atom is -0.494 e. The van der Waals surface area contributed by atoms with Crippen molar-refractivity contribution in [3.63, 3.8) is 0 Å². The van der Waals surface area contributed by atoms with Gasteiger partial charge in [-0.3, -0.25) is 4.79 Å². The van der Waals surface area contributed by atoms with Crippen molar-refractivity contribution in [2.45, 2.75) is 70.8 Å². The molecule has 2 aliphatic rings. The van der Waals surface area contributed by atoms with E-state index in [0.29, 0.717) is 19.5 Å². The van der Waals surface area contributed by atoms with Crippen molar-refractivity contribution < 1.29 is 14.7 Å². The van der Waals surface area contributed by atoms with Crippen LogP contribution in [0, 0.1) is 5.92 Å². The summed E-state index contributed by atoms with van der Waals surface area (Å²) in [4.78, 5) is 19.4. The Labute approximate surface area is 199 Å². The lowest BCUT2D eigenvalue weighted by Gasteiger charge is -2.32. The van der Waals surface area contributed by atoms with Crippen LogP contribution < -0.4 is 0 Å². The summed E-state index contributed by atoms with van der Waals surface area (Å²) in [6.07, 6.45) is 34.0. The third kappa shape index (κ3) is 11.0. The van der Waals surface area contributed by atoms with Gasteiger partial charge in [0.2, 0.25) is 11.8 Å². The van der Waals surface area contributed by atoms with Crippen LogP contribution in [-0.2, 0) is 9.63 Å². The first-order valence-corrected chi connectivity index (χ1v) is 12.3. The lowest BCUT2D eigenvalue weighted by Crippen LogP contribution is -2.47. The summed E-state index contributed by atoms with van der Waals surface area (Å²) in [6.45, 7) is 3.33. The summed E-state index contributed by atoms with van der Waals surface area (Å²) in [5, 5.41) is 13.4. The summed E-state index contributed by atoms with van der Waals surface area (Å²) < 4.78 is 0. The number of carbonyl (C=O) groups is 1. The number of nitrogens with zero attached hydrogens (tertiary/aromatic N) is 2. The molecule has 0 bridgehead atoms. The fourth-order valence-corrected chi connectivity index (χ4v) is 3.73. The average molecular weight is 453 g/mol. The van der Waals surface area contributed by atoms with Gasteiger partial charge >= 0.3 is 0 Å². The van der Waals surface area contributed by atoms with Crippen molar-refractivity contribution in [1.29, 1.82) is 0 Å². The summed E-state index contributed by atoms with van der Waals surface area (Å²) in [5.41, 5.74) is 0. The molecular formula is C28H40N2O3. The molecule has 1 N–H and O–H groups in total. The molecule has 0 radical (unpaired) electrons. The number of hydrogen-bond acceptors (Lipinski definition) is 3. The van der Waals surface area contributed by atoms with Gasteiger partial charge in [0.05, 0.1) is 5.92 Å². The van der Waals surface area contributed by atoms with Gasteiger partial charge in [-0.1, -0.05) is 85.0 Å². The van der Waals surface area contributed by atoms with E-state index in [2.05, 4.69) is 85.0 Å². The molecule has 0 aromatic heterocycles. The second-order valence-electron chi connectivity index (χ2n) is 8.28. The van der Waals surface area contributed by atoms with Crippen LogP contribution in [0.1, 0.15) is 64.7 Å². The molecule has 1 fully saturated rings. The normalized spacial score (nSPS) is 21.4. The van der Waals surface area contributed by atoms with Crippen LogP contribution in [0.3, 0.4) is 0 Å². The van der Waals surface area contributed by atoms with Gasteiger partial charge < -0.3 is 14.8 Å². The van der Waals surface area contributed by atoms with Crippen molar-refractivity contribution in [3.8, 4) is 0 Å². The van der Waals surface area contributed by atoms with E-state index in [-0.39, 0.29) is 23.8 Å². The number of carbonyl (C=O) groups excluding carboxylic acids is 1. The predicted molar refractivity (Wildman–Crippen MR) is 137 cm³/mol. The maximum absolute atomic E-state index is 12.4. The largest absolute Gasteiger partial charge is 0.494 e. The van der Waals surface area contributed by atoms with Crippen molar-refractivity contribution in [3.05, 3.63) is 72.9 Å². The third-order valence-electron chi connectivity index (χ3n) is 5.64. The molecule has 2 atom stereocenters. The Hall–Kier alpha value is -2.82. The number of piperidine rings is 1. The smallest absolute Gasteiger partial charge is 0.232 e. The Morgan fingerprint density at radius 2 is 1.42 bits per heavy atom. The molecule has 0 saturated carbocycles. The highest BCUT2D eigenvalue weighted by Gasteiger charge is 2.40. The summed E-state index contributed by atoms with van der Waals surface area (Å²) >= 11 is 0. The number of likely N-dealkylation sites (tertiary alicyclic amines) is 1. The van der Waals surface area contributed by atoms with Gasteiger partial charge in [0, 0.05) is 25.9 Å². The first-order valence-electron chi connectivity index (χ1n) is 12.3. The van der Waals surface area contributed by atoms with Gasteiger partial charge in [-0.2, -0.15) is 0 Å². The molecule has 180 valence electrons. The highest BCUT2D eigenvalue weighted by atomic mass is 16.7. The zero-order chi connectivity index (χ0) is 23.6. The fourth-order valence-electron chi connectivity index (χ4n) is 3.73. The van der Waals surface area contributed by atoms with Crippen LogP contribution >= 0.6 is 0 Å². The molecule has 0 aromatic carbocycles. The van der Waals surface area contributed by atoms with Crippen molar-refractivity contribution in [1.82, 2.24) is 4.90 Å². The van der Waals surface area contributed by atoms with E-state index in [1.807, 2.05) is 4.90 Å². The van der Waals surface area contributed by atoms with Crippen LogP contribution in [0.4, 0.5) is 0 Å². The number of hydrogen-bond donors (Lipinski definition) is 1. The van der Waals surface area contributed by atoms with Gasteiger partial charge in [-0.25, -0.2) is 0 Å². The molecule has 0 spiro atoms. The van der Waals surface area contributed by atoms with E-state index < -0.39 is 0 Å². The topological polar surface area (TPSA) is 62.1 Å². The summed E-state index contributed by atoms with van der Waals surface area (Å²) in [7, 11) is 0. The van der Waals surface area contributed by atoms with E-state index in [9.17, 15) is 9.90 Å². The molecule has 2 aliphatic heterocycles. The molecule has 0 aromatic rings. The van der Waals surface area contributed by atoms with Gasteiger partial charge in [0.1, 0.15) is 6.10 Å². The molecule has 2 unspecified atom stereocenters. The number of allylic oxidation sites excluding steroid dienone is 12. The molecule has 5 heteroatoms. The first-order chi connectivity index (χ1) is 16.2. The van der Waals surface area contributed by atoms with Gasteiger partial charge in [0.25, 0.3) is 0 Å². The molecule has 2 rings (SSSR count). The monoisotopic (exact) mass is 452 g/mol. The number of amides is 1. The van der Waals surface area contributed by atoms with Crippen LogP contribution in [-0.4, -0.2) is 41.0 Å².